The average molecular weight is 361 g/mol. The number of anilines is 1. The van der Waals surface area contributed by atoms with Crippen LogP contribution in [0.5, 0.6) is 0 Å². The molecule has 1 saturated heterocycles. The molecule has 8 heteroatoms. The van der Waals surface area contributed by atoms with Crippen molar-refractivity contribution in [2.75, 3.05) is 24.5 Å². The first kappa shape index (κ1) is 15.8. The van der Waals surface area contributed by atoms with E-state index in [9.17, 15) is 4.79 Å². The zero-order chi connectivity index (χ0) is 18.4. The van der Waals surface area contributed by atoms with Gasteiger partial charge in [0.25, 0.3) is 5.91 Å². The number of aryl methyl sites for hydroxylation is 1. The van der Waals surface area contributed by atoms with Crippen LogP contribution in [0, 0.1) is 12.8 Å². The number of carbonyl (C=O) groups excluding carboxylic acids is 1. The summed E-state index contributed by atoms with van der Waals surface area (Å²) in [5.74, 6) is 2.07. The Labute approximate surface area is 155 Å². The molecule has 1 aromatic carbocycles. The molecule has 136 valence electrons. The van der Waals surface area contributed by atoms with Crippen LogP contribution >= 0.6 is 0 Å². The van der Waals surface area contributed by atoms with Crippen molar-refractivity contribution in [1.29, 1.82) is 0 Å². The molecule has 4 heterocycles. The topological polar surface area (TPSA) is 91.2 Å². The monoisotopic (exact) mass is 361 g/mol. The van der Waals surface area contributed by atoms with E-state index in [1.54, 1.807) is 4.52 Å². The largest absolute Gasteiger partial charge is 0.361 e. The van der Waals surface area contributed by atoms with E-state index in [0.717, 1.165) is 41.3 Å². The fourth-order valence-electron chi connectivity index (χ4n) is 3.56. The van der Waals surface area contributed by atoms with E-state index in [-0.39, 0.29) is 5.91 Å². The van der Waals surface area contributed by atoms with Crippen molar-refractivity contribution in [2.24, 2.45) is 5.92 Å². The summed E-state index contributed by atoms with van der Waals surface area (Å²) < 4.78 is 1.75. The maximum atomic E-state index is 12.5. The van der Waals surface area contributed by atoms with Crippen molar-refractivity contribution in [3.63, 3.8) is 0 Å². The smallest absolute Gasteiger partial charge is 0.251 e. The first-order valence-electron chi connectivity index (χ1n) is 8.97. The van der Waals surface area contributed by atoms with Gasteiger partial charge >= 0.3 is 0 Å². The summed E-state index contributed by atoms with van der Waals surface area (Å²) in [4.78, 5) is 17.9. The first-order valence-corrected chi connectivity index (χ1v) is 8.97. The second-order valence-corrected chi connectivity index (χ2v) is 6.93. The van der Waals surface area contributed by atoms with Gasteiger partial charge in [-0.25, -0.2) is 0 Å². The third kappa shape index (κ3) is 2.69. The normalized spacial score (nSPS) is 14.6. The Hall–Kier alpha value is -3.42. The van der Waals surface area contributed by atoms with E-state index in [0.29, 0.717) is 18.0 Å². The molecule has 0 saturated carbocycles. The number of hydrogen-bond acceptors (Lipinski definition) is 5. The highest BCUT2D eigenvalue weighted by molar-refractivity contribution is 6.06. The number of nitrogens with zero attached hydrogens (tertiary/aromatic N) is 5. The van der Waals surface area contributed by atoms with Gasteiger partial charge in [0.15, 0.2) is 11.5 Å². The number of amides is 1. The molecule has 1 amide bonds. The quantitative estimate of drug-likeness (QED) is 0.578. The highest BCUT2D eigenvalue weighted by Gasteiger charge is 2.28. The average Bonchev–Trinajstić information content (AvgIpc) is 3.27. The minimum atomic E-state index is -0.0293. The second kappa shape index (κ2) is 6.08. The molecular formula is C19H19N7O. The van der Waals surface area contributed by atoms with Crippen molar-refractivity contribution in [2.45, 2.75) is 6.92 Å². The Bertz CT molecular complexity index is 1140. The van der Waals surface area contributed by atoms with Crippen molar-refractivity contribution in [1.82, 2.24) is 30.1 Å². The fraction of sp³-hybridized carbons (Fsp3) is 0.263. The molecule has 0 aliphatic carbocycles. The molecule has 27 heavy (non-hydrogen) atoms. The lowest BCUT2D eigenvalue weighted by atomic mass is 10.00. The SMILES string of the molecule is Cc1nnc2ccc(N3CC(CNC(=O)c4cccc5[nH]ccc45)C3)nn12. The van der Waals surface area contributed by atoms with Crippen molar-refractivity contribution < 1.29 is 4.79 Å². The lowest BCUT2D eigenvalue weighted by Crippen LogP contribution is -2.52. The number of aromatic amines is 1. The van der Waals surface area contributed by atoms with Crippen LogP contribution in [0.3, 0.4) is 0 Å². The van der Waals surface area contributed by atoms with Gasteiger partial charge in [-0.1, -0.05) is 6.07 Å². The van der Waals surface area contributed by atoms with Gasteiger partial charge in [-0.15, -0.1) is 15.3 Å². The summed E-state index contributed by atoms with van der Waals surface area (Å²) >= 11 is 0. The zero-order valence-electron chi connectivity index (χ0n) is 14.9. The summed E-state index contributed by atoms with van der Waals surface area (Å²) in [5, 5.41) is 16.7. The van der Waals surface area contributed by atoms with Crippen LogP contribution in [-0.4, -0.2) is 50.3 Å². The molecule has 0 bridgehead atoms. The standard InChI is InChI=1S/C19H19N7O/c1-12-22-23-17-5-6-18(24-26(12)17)25-10-13(11-25)9-21-19(27)15-3-2-4-16-14(15)7-8-20-16/h2-8,13,20H,9-11H2,1H3,(H,21,27). The molecule has 0 radical (unpaired) electrons. The highest BCUT2D eigenvalue weighted by Crippen LogP contribution is 2.23. The lowest BCUT2D eigenvalue weighted by molar-refractivity contribution is 0.0946. The predicted molar refractivity (Wildman–Crippen MR) is 102 cm³/mol. The molecule has 0 atom stereocenters. The maximum absolute atomic E-state index is 12.5. The van der Waals surface area contributed by atoms with Gasteiger partial charge in [0.05, 0.1) is 0 Å². The highest BCUT2D eigenvalue weighted by atomic mass is 16.1. The fourth-order valence-corrected chi connectivity index (χ4v) is 3.56. The number of rotatable bonds is 4. The molecular weight excluding hydrogens is 342 g/mol. The van der Waals surface area contributed by atoms with Crippen LogP contribution in [0.4, 0.5) is 5.82 Å². The number of nitrogens with one attached hydrogen (secondary N) is 2. The summed E-state index contributed by atoms with van der Waals surface area (Å²) in [6.07, 6.45) is 1.85. The minimum absolute atomic E-state index is 0.0293. The Kier molecular flexibility index (Phi) is 3.56. The predicted octanol–water partition coefficient (Wildman–Crippen LogP) is 1.78. The molecule has 1 aliphatic heterocycles. The number of carbonyl (C=O) groups is 1. The molecule has 3 aromatic heterocycles. The van der Waals surface area contributed by atoms with E-state index in [1.807, 2.05) is 49.5 Å². The van der Waals surface area contributed by atoms with Gasteiger partial charge in [0.2, 0.25) is 0 Å². The summed E-state index contributed by atoms with van der Waals surface area (Å²) in [6, 6.07) is 11.5. The van der Waals surface area contributed by atoms with E-state index in [4.69, 9.17) is 0 Å². The molecule has 1 fully saturated rings. The molecule has 0 spiro atoms. The summed E-state index contributed by atoms with van der Waals surface area (Å²) in [7, 11) is 0. The third-order valence-electron chi connectivity index (χ3n) is 5.08. The van der Waals surface area contributed by atoms with Crippen LogP contribution in [0.1, 0.15) is 16.2 Å². The Morgan fingerprint density at radius 3 is 3.00 bits per heavy atom. The van der Waals surface area contributed by atoms with Crippen molar-refractivity contribution in [3.8, 4) is 0 Å². The maximum Gasteiger partial charge on any atom is 0.251 e. The van der Waals surface area contributed by atoms with Crippen LogP contribution in [0.25, 0.3) is 16.6 Å². The van der Waals surface area contributed by atoms with Gasteiger partial charge in [0.1, 0.15) is 5.82 Å². The molecule has 8 nitrogen and oxygen atoms in total. The van der Waals surface area contributed by atoms with E-state index >= 15 is 0 Å². The van der Waals surface area contributed by atoms with Gasteiger partial charge < -0.3 is 15.2 Å². The lowest BCUT2D eigenvalue weighted by Gasteiger charge is -2.40. The van der Waals surface area contributed by atoms with E-state index in [1.165, 1.54) is 0 Å². The number of hydrogen-bond donors (Lipinski definition) is 2. The molecule has 4 aromatic rings. The number of H-pyrrole nitrogens is 1. The van der Waals surface area contributed by atoms with Gasteiger partial charge in [0, 0.05) is 48.2 Å². The summed E-state index contributed by atoms with van der Waals surface area (Å²) in [5.41, 5.74) is 2.43. The van der Waals surface area contributed by atoms with Crippen LogP contribution in [-0.2, 0) is 0 Å². The van der Waals surface area contributed by atoms with Gasteiger partial charge in [-0.3, -0.25) is 4.79 Å². The van der Waals surface area contributed by atoms with Crippen molar-refractivity contribution >= 4 is 28.3 Å². The van der Waals surface area contributed by atoms with Gasteiger partial charge in [-0.2, -0.15) is 4.52 Å². The molecule has 1 aliphatic rings. The van der Waals surface area contributed by atoms with Crippen LogP contribution in [0.15, 0.2) is 42.6 Å². The number of fused-ring (bicyclic) bond motifs is 2. The Morgan fingerprint density at radius 1 is 1.22 bits per heavy atom. The molecule has 2 N–H and O–H groups in total. The minimum Gasteiger partial charge on any atom is -0.361 e. The van der Waals surface area contributed by atoms with E-state index < -0.39 is 0 Å². The van der Waals surface area contributed by atoms with E-state index in [2.05, 4.69) is 30.5 Å². The molecule has 0 unspecified atom stereocenters. The zero-order valence-corrected chi connectivity index (χ0v) is 14.9. The number of aromatic nitrogens is 5. The van der Waals surface area contributed by atoms with Crippen molar-refractivity contribution in [3.05, 3.63) is 54.0 Å². The third-order valence-corrected chi connectivity index (χ3v) is 5.08. The molecule has 5 rings (SSSR count). The van der Waals surface area contributed by atoms with Crippen LogP contribution in [0.2, 0.25) is 0 Å². The summed E-state index contributed by atoms with van der Waals surface area (Å²) in [6.45, 7) is 4.28. The Balaban J connectivity index is 1.21. The van der Waals surface area contributed by atoms with Crippen LogP contribution < -0.4 is 10.2 Å². The van der Waals surface area contributed by atoms with Gasteiger partial charge in [-0.05, 0) is 37.3 Å². The number of benzene rings is 1. The second-order valence-electron chi connectivity index (χ2n) is 6.93. The Morgan fingerprint density at radius 2 is 2.11 bits per heavy atom. The first-order chi connectivity index (χ1) is 13.2.